The van der Waals surface area contributed by atoms with E-state index in [9.17, 15) is 0 Å². The van der Waals surface area contributed by atoms with Crippen LogP contribution in [0.3, 0.4) is 0 Å². The largest absolute Gasteiger partial charge is 0.339 e. The lowest BCUT2D eigenvalue weighted by atomic mass is 10.2. The average Bonchev–Trinajstić information content (AvgIpc) is 3.00. The number of anilines is 2. The normalized spacial score (nSPS) is 10.9. The molecule has 0 amide bonds. The van der Waals surface area contributed by atoms with Gasteiger partial charge in [0.2, 0.25) is 0 Å². The predicted octanol–water partition coefficient (Wildman–Crippen LogP) is 3.72. The molecule has 1 N–H and O–H groups in total. The molecule has 0 saturated heterocycles. The number of imidazole rings is 1. The molecule has 0 unspecified atom stereocenters. The summed E-state index contributed by atoms with van der Waals surface area (Å²) in [6.45, 7) is 1.90. The van der Waals surface area contributed by atoms with Gasteiger partial charge in [-0.1, -0.05) is 11.6 Å². The standard InChI is InChI=1S/C17H12ClN6/c1-11-5-8-16(23-22-11)20-12-6-7-13-14(9-12)24(10-19-13)17-4-2-3-15(18)21-17/h2,4-10H,1H3,(H,20,23). The van der Waals surface area contributed by atoms with E-state index >= 15 is 0 Å². The first-order valence-electron chi connectivity index (χ1n) is 7.28. The highest BCUT2D eigenvalue weighted by molar-refractivity contribution is 6.29. The molecule has 4 aromatic rings. The van der Waals surface area contributed by atoms with Crippen LogP contribution in [0.25, 0.3) is 16.9 Å². The molecule has 1 aromatic carbocycles. The van der Waals surface area contributed by atoms with E-state index in [4.69, 9.17) is 11.6 Å². The van der Waals surface area contributed by atoms with E-state index in [1.165, 1.54) is 0 Å². The van der Waals surface area contributed by atoms with E-state index in [-0.39, 0.29) is 0 Å². The number of nitrogens with zero attached hydrogens (tertiary/aromatic N) is 5. The van der Waals surface area contributed by atoms with Gasteiger partial charge in [0.15, 0.2) is 5.82 Å². The SMILES string of the molecule is Cc1ccc(Nc2ccc3ncn(-c4cc[c]c(Cl)n4)c3c2)nn1. The predicted molar refractivity (Wildman–Crippen MR) is 92.8 cm³/mol. The zero-order chi connectivity index (χ0) is 16.5. The van der Waals surface area contributed by atoms with Crippen LogP contribution < -0.4 is 5.32 Å². The summed E-state index contributed by atoms with van der Waals surface area (Å²) in [7, 11) is 0. The van der Waals surface area contributed by atoms with Crippen LogP contribution in [0.15, 0.2) is 48.8 Å². The molecule has 0 bridgehead atoms. The monoisotopic (exact) mass is 335 g/mol. The number of aryl methyl sites for hydroxylation is 1. The van der Waals surface area contributed by atoms with E-state index in [1.54, 1.807) is 12.4 Å². The van der Waals surface area contributed by atoms with Crippen molar-refractivity contribution in [2.24, 2.45) is 0 Å². The summed E-state index contributed by atoms with van der Waals surface area (Å²) in [4.78, 5) is 8.68. The zero-order valence-electron chi connectivity index (χ0n) is 12.7. The number of hydrogen-bond donors (Lipinski definition) is 1. The fourth-order valence-electron chi connectivity index (χ4n) is 2.37. The summed E-state index contributed by atoms with van der Waals surface area (Å²) in [6.07, 6.45) is 1.72. The van der Waals surface area contributed by atoms with Crippen molar-refractivity contribution in [2.45, 2.75) is 6.92 Å². The van der Waals surface area contributed by atoms with Crippen LogP contribution in [0.2, 0.25) is 5.15 Å². The molecule has 117 valence electrons. The summed E-state index contributed by atoms with van der Waals surface area (Å²) < 4.78 is 1.88. The third kappa shape index (κ3) is 2.79. The molecule has 0 aliphatic heterocycles. The molecule has 7 heteroatoms. The molecule has 0 aliphatic rings. The Morgan fingerprint density at radius 1 is 1.12 bits per heavy atom. The van der Waals surface area contributed by atoms with Crippen LogP contribution in [0.5, 0.6) is 0 Å². The molecule has 6 nitrogen and oxygen atoms in total. The van der Waals surface area contributed by atoms with Crippen molar-refractivity contribution in [2.75, 3.05) is 5.32 Å². The quantitative estimate of drug-likeness (QED) is 0.578. The van der Waals surface area contributed by atoms with Gasteiger partial charge in [0.05, 0.1) is 16.7 Å². The highest BCUT2D eigenvalue weighted by Gasteiger charge is 2.08. The number of rotatable bonds is 3. The molecule has 24 heavy (non-hydrogen) atoms. The Morgan fingerprint density at radius 2 is 2.04 bits per heavy atom. The van der Waals surface area contributed by atoms with Gasteiger partial charge in [0.25, 0.3) is 0 Å². The highest BCUT2D eigenvalue weighted by Crippen LogP contribution is 2.23. The maximum Gasteiger partial charge on any atom is 0.153 e. The molecular formula is C17H12ClN6. The number of benzene rings is 1. The highest BCUT2D eigenvalue weighted by atomic mass is 35.5. The topological polar surface area (TPSA) is 68.5 Å². The Bertz CT molecular complexity index is 1010. The third-order valence-electron chi connectivity index (χ3n) is 3.51. The van der Waals surface area contributed by atoms with E-state index in [2.05, 4.69) is 31.5 Å². The minimum absolute atomic E-state index is 0.318. The molecule has 0 atom stereocenters. The van der Waals surface area contributed by atoms with E-state index in [0.717, 1.165) is 22.4 Å². The van der Waals surface area contributed by atoms with E-state index in [0.29, 0.717) is 16.8 Å². The van der Waals surface area contributed by atoms with Crippen LogP contribution in [-0.4, -0.2) is 24.7 Å². The number of halogens is 1. The summed E-state index contributed by atoms with van der Waals surface area (Å²) in [6, 6.07) is 16.1. The lowest BCUT2D eigenvalue weighted by Crippen LogP contribution is -1.98. The van der Waals surface area contributed by atoms with Gasteiger partial charge in [-0.25, -0.2) is 9.97 Å². The van der Waals surface area contributed by atoms with Crippen LogP contribution in [0, 0.1) is 13.0 Å². The second kappa shape index (κ2) is 5.90. The number of aromatic nitrogens is 5. The minimum atomic E-state index is 0.318. The van der Waals surface area contributed by atoms with Gasteiger partial charge in [0.1, 0.15) is 17.3 Å². The van der Waals surface area contributed by atoms with Gasteiger partial charge < -0.3 is 5.32 Å². The molecule has 3 heterocycles. The summed E-state index contributed by atoms with van der Waals surface area (Å²) in [5, 5.41) is 11.7. The van der Waals surface area contributed by atoms with Gasteiger partial charge in [-0.3, -0.25) is 4.57 Å². The second-order valence-electron chi connectivity index (χ2n) is 5.24. The van der Waals surface area contributed by atoms with Crippen molar-refractivity contribution < 1.29 is 0 Å². The maximum atomic E-state index is 5.94. The Morgan fingerprint density at radius 3 is 2.83 bits per heavy atom. The average molecular weight is 336 g/mol. The Hall–Kier alpha value is -2.99. The molecule has 0 fully saturated rings. The molecule has 0 spiro atoms. The van der Waals surface area contributed by atoms with Crippen molar-refractivity contribution in [3.05, 3.63) is 65.7 Å². The van der Waals surface area contributed by atoms with Gasteiger partial charge in [-0.05, 0) is 49.4 Å². The molecule has 0 aliphatic carbocycles. The first kappa shape index (κ1) is 14.6. The Kier molecular flexibility index (Phi) is 3.59. The third-order valence-corrected chi connectivity index (χ3v) is 3.71. The van der Waals surface area contributed by atoms with E-state index < -0.39 is 0 Å². The van der Waals surface area contributed by atoms with Gasteiger partial charge in [0, 0.05) is 11.8 Å². The molecule has 1 radical (unpaired) electrons. The lowest BCUT2D eigenvalue weighted by Gasteiger charge is -2.07. The van der Waals surface area contributed by atoms with Crippen LogP contribution in [-0.2, 0) is 0 Å². The summed E-state index contributed by atoms with van der Waals surface area (Å²) in [5.41, 5.74) is 3.53. The van der Waals surface area contributed by atoms with Crippen molar-refractivity contribution >= 4 is 34.1 Å². The molecular weight excluding hydrogens is 324 g/mol. The van der Waals surface area contributed by atoms with Gasteiger partial charge in [-0.15, -0.1) is 5.10 Å². The first-order valence-corrected chi connectivity index (χ1v) is 7.66. The Balaban J connectivity index is 1.74. The molecule has 4 rings (SSSR count). The second-order valence-corrected chi connectivity index (χ2v) is 5.60. The lowest BCUT2D eigenvalue weighted by molar-refractivity contribution is 0.986. The molecule has 0 saturated carbocycles. The number of nitrogens with one attached hydrogen (secondary N) is 1. The molecule has 3 aromatic heterocycles. The van der Waals surface area contributed by atoms with Gasteiger partial charge in [-0.2, -0.15) is 5.10 Å². The summed E-state index contributed by atoms with van der Waals surface area (Å²) >= 11 is 5.94. The van der Waals surface area contributed by atoms with Crippen LogP contribution in [0.4, 0.5) is 11.5 Å². The van der Waals surface area contributed by atoms with E-state index in [1.807, 2.05) is 47.9 Å². The van der Waals surface area contributed by atoms with Crippen molar-refractivity contribution in [1.29, 1.82) is 0 Å². The van der Waals surface area contributed by atoms with Crippen molar-refractivity contribution in [3.63, 3.8) is 0 Å². The summed E-state index contributed by atoms with van der Waals surface area (Å²) in [5.74, 6) is 1.37. The van der Waals surface area contributed by atoms with Gasteiger partial charge >= 0.3 is 0 Å². The number of pyridine rings is 1. The van der Waals surface area contributed by atoms with Crippen molar-refractivity contribution in [1.82, 2.24) is 24.7 Å². The Labute approximate surface area is 143 Å². The zero-order valence-corrected chi connectivity index (χ0v) is 13.5. The van der Waals surface area contributed by atoms with Crippen molar-refractivity contribution in [3.8, 4) is 5.82 Å². The maximum absolute atomic E-state index is 5.94. The minimum Gasteiger partial charge on any atom is -0.339 e. The fourth-order valence-corrected chi connectivity index (χ4v) is 2.52. The number of hydrogen-bond acceptors (Lipinski definition) is 5. The smallest absolute Gasteiger partial charge is 0.153 e. The first-order chi connectivity index (χ1) is 11.7. The number of fused-ring (bicyclic) bond motifs is 1. The van der Waals surface area contributed by atoms with Crippen LogP contribution >= 0.6 is 11.6 Å². The fraction of sp³-hybridized carbons (Fsp3) is 0.0588. The van der Waals surface area contributed by atoms with Crippen LogP contribution in [0.1, 0.15) is 5.69 Å².